The fraction of sp³-hybridized carbons (Fsp3) is 0.778. The van der Waals surface area contributed by atoms with Crippen LogP contribution in [0.3, 0.4) is 0 Å². The predicted octanol–water partition coefficient (Wildman–Crippen LogP) is 0.512. The van der Waals surface area contributed by atoms with Crippen LogP contribution in [0.2, 0.25) is 0 Å². The van der Waals surface area contributed by atoms with Gasteiger partial charge in [-0.1, -0.05) is 0 Å². The van der Waals surface area contributed by atoms with Crippen LogP contribution in [0.25, 0.3) is 0 Å². The van der Waals surface area contributed by atoms with Gasteiger partial charge in [0.2, 0.25) is 0 Å². The molecule has 2 aliphatic heterocycles. The van der Waals surface area contributed by atoms with Gasteiger partial charge in [0.1, 0.15) is 5.82 Å². The van der Waals surface area contributed by atoms with Gasteiger partial charge < -0.3 is 16.0 Å². The molecular weight excluding hydrogens is 150 g/mol. The lowest BCUT2D eigenvalue weighted by atomic mass is 10.1. The molecule has 3 heteroatoms. The fourth-order valence-corrected chi connectivity index (χ4v) is 1.76. The monoisotopic (exact) mass is 167 g/mol. The molecule has 0 bridgehead atoms. The van der Waals surface area contributed by atoms with E-state index in [9.17, 15) is 0 Å². The Hall–Kier alpha value is -0.860. The van der Waals surface area contributed by atoms with Crippen molar-refractivity contribution in [2.24, 2.45) is 0 Å². The van der Waals surface area contributed by atoms with E-state index in [1.165, 1.54) is 37.2 Å². The van der Waals surface area contributed by atoms with Crippen LogP contribution in [-0.2, 0) is 0 Å². The predicted molar refractivity (Wildman–Crippen MR) is 49.5 cm³/mol. The van der Waals surface area contributed by atoms with Crippen molar-refractivity contribution < 1.29 is 0 Å². The number of nitrogens with one attached hydrogen (secondary N) is 3. The third kappa shape index (κ3) is 1.65. The standard InChI is InChI=1S/C9H17N3/c1-2-5-10-8(4-1)9-11-6-3-7-12-9/h10-12H,1-7H2. The molecule has 12 heavy (non-hydrogen) atoms. The lowest BCUT2D eigenvalue weighted by Gasteiger charge is -2.26. The first kappa shape index (κ1) is 7.77. The maximum absolute atomic E-state index is 3.44. The molecule has 0 atom stereocenters. The van der Waals surface area contributed by atoms with Gasteiger partial charge >= 0.3 is 0 Å². The number of hydrogen-bond donors (Lipinski definition) is 3. The first-order valence-electron chi connectivity index (χ1n) is 4.91. The van der Waals surface area contributed by atoms with Crippen molar-refractivity contribution >= 4 is 0 Å². The smallest absolute Gasteiger partial charge is 0.118 e. The maximum atomic E-state index is 3.44. The van der Waals surface area contributed by atoms with Crippen LogP contribution in [0.4, 0.5) is 0 Å². The minimum atomic E-state index is 1.12. The summed E-state index contributed by atoms with van der Waals surface area (Å²) in [6, 6.07) is 0. The second-order valence-electron chi connectivity index (χ2n) is 3.44. The Morgan fingerprint density at radius 3 is 2.17 bits per heavy atom. The summed E-state index contributed by atoms with van der Waals surface area (Å²) in [5.41, 5.74) is 1.39. The topological polar surface area (TPSA) is 36.1 Å². The average Bonchev–Trinajstić information content (AvgIpc) is 2.21. The molecule has 0 saturated carbocycles. The van der Waals surface area contributed by atoms with Crippen LogP contribution in [0.5, 0.6) is 0 Å². The molecule has 2 rings (SSSR count). The van der Waals surface area contributed by atoms with Crippen molar-refractivity contribution in [2.45, 2.75) is 25.7 Å². The second-order valence-corrected chi connectivity index (χ2v) is 3.44. The van der Waals surface area contributed by atoms with Crippen LogP contribution in [-0.4, -0.2) is 19.6 Å². The molecule has 3 nitrogen and oxygen atoms in total. The van der Waals surface area contributed by atoms with Crippen molar-refractivity contribution in [1.82, 2.24) is 16.0 Å². The van der Waals surface area contributed by atoms with Gasteiger partial charge in [0.25, 0.3) is 0 Å². The highest BCUT2D eigenvalue weighted by Gasteiger charge is 2.11. The highest BCUT2D eigenvalue weighted by Crippen LogP contribution is 2.12. The number of piperidine rings is 1. The molecular formula is C9H17N3. The van der Waals surface area contributed by atoms with Crippen LogP contribution >= 0.6 is 0 Å². The molecule has 0 radical (unpaired) electrons. The molecule has 0 unspecified atom stereocenters. The van der Waals surface area contributed by atoms with E-state index in [1.807, 2.05) is 0 Å². The highest BCUT2D eigenvalue weighted by atomic mass is 15.1. The quantitative estimate of drug-likeness (QED) is 0.492. The van der Waals surface area contributed by atoms with E-state index in [-0.39, 0.29) is 0 Å². The molecule has 2 heterocycles. The maximum Gasteiger partial charge on any atom is 0.118 e. The Kier molecular flexibility index (Phi) is 2.39. The van der Waals surface area contributed by atoms with E-state index in [4.69, 9.17) is 0 Å². The average molecular weight is 167 g/mol. The summed E-state index contributed by atoms with van der Waals surface area (Å²) in [5, 5.41) is 10.2. The van der Waals surface area contributed by atoms with Gasteiger partial charge in [0.15, 0.2) is 0 Å². The largest absolute Gasteiger partial charge is 0.385 e. The Morgan fingerprint density at radius 2 is 1.50 bits per heavy atom. The van der Waals surface area contributed by atoms with Crippen LogP contribution < -0.4 is 16.0 Å². The fourth-order valence-electron chi connectivity index (χ4n) is 1.76. The normalized spacial score (nSPS) is 24.0. The molecule has 0 aromatic heterocycles. The van der Waals surface area contributed by atoms with Crippen LogP contribution in [0.1, 0.15) is 25.7 Å². The third-order valence-corrected chi connectivity index (χ3v) is 2.45. The molecule has 2 fully saturated rings. The minimum absolute atomic E-state index is 1.12. The molecule has 0 aromatic rings. The van der Waals surface area contributed by atoms with Crippen LogP contribution in [0, 0.1) is 0 Å². The first-order valence-corrected chi connectivity index (χ1v) is 4.91. The Labute approximate surface area is 73.6 Å². The van der Waals surface area contributed by atoms with Crippen molar-refractivity contribution in [2.75, 3.05) is 19.6 Å². The molecule has 0 amide bonds. The summed E-state index contributed by atoms with van der Waals surface area (Å²) in [6.07, 6.45) is 5.08. The van der Waals surface area contributed by atoms with Gasteiger partial charge in [0.05, 0.1) is 5.70 Å². The molecule has 3 N–H and O–H groups in total. The number of allylic oxidation sites excluding steroid dienone is 1. The van der Waals surface area contributed by atoms with Gasteiger partial charge in [-0.15, -0.1) is 0 Å². The molecule has 0 aromatic carbocycles. The van der Waals surface area contributed by atoms with Crippen molar-refractivity contribution in [3.63, 3.8) is 0 Å². The van der Waals surface area contributed by atoms with E-state index < -0.39 is 0 Å². The van der Waals surface area contributed by atoms with Crippen LogP contribution in [0.15, 0.2) is 11.5 Å². The Balaban J connectivity index is 2.00. The third-order valence-electron chi connectivity index (χ3n) is 2.45. The van der Waals surface area contributed by atoms with E-state index in [0.717, 1.165) is 19.6 Å². The molecule has 0 aliphatic carbocycles. The zero-order valence-electron chi connectivity index (χ0n) is 7.45. The zero-order chi connectivity index (χ0) is 8.23. The van der Waals surface area contributed by atoms with E-state index in [2.05, 4.69) is 16.0 Å². The SMILES string of the molecule is C1CCC(=C2NCCCN2)NC1. The summed E-state index contributed by atoms with van der Waals surface area (Å²) < 4.78 is 0. The van der Waals surface area contributed by atoms with Gasteiger partial charge in [-0.25, -0.2) is 0 Å². The molecule has 2 saturated heterocycles. The van der Waals surface area contributed by atoms with Gasteiger partial charge in [0, 0.05) is 19.6 Å². The summed E-state index contributed by atoms with van der Waals surface area (Å²) in [4.78, 5) is 0. The van der Waals surface area contributed by atoms with Crippen molar-refractivity contribution in [3.05, 3.63) is 11.5 Å². The first-order chi connectivity index (χ1) is 5.97. The summed E-state index contributed by atoms with van der Waals surface area (Å²) in [6.45, 7) is 3.38. The van der Waals surface area contributed by atoms with Gasteiger partial charge in [-0.05, 0) is 25.7 Å². The Bertz CT molecular complexity index is 150. The number of hydrogen-bond acceptors (Lipinski definition) is 3. The van der Waals surface area contributed by atoms with E-state index >= 15 is 0 Å². The van der Waals surface area contributed by atoms with E-state index in [1.54, 1.807) is 0 Å². The Morgan fingerprint density at radius 1 is 0.750 bits per heavy atom. The lowest BCUT2D eigenvalue weighted by Crippen LogP contribution is -2.39. The summed E-state index contributed by atoms with van der Waals surface area (Å²) in [7, 11) is 0. The zero-order valence-corrected chi connectivity index (χ0v) is 7.45. The lowest BCUT2D eigenvalue weighted by molar-refractivity contribution is 0.516. The summed E-state index contributed by atoms with van der Waals surface area (Å²) in [5.74, 6) is 1.25. The van der Waals surface area contributed by atoms with Crippen molar-refractivity contribution in [3.8, 4) is 0 Å². The highest BCUT2D eigenvalue weighted by molar-refractivity contribution is 5.12. The summed E-state index contributed by atoms with van der Waals surface area (Å²) >= 11 is 0. The molecule has 2 aliphatic rings. The van der Waals surface area contributed by atoms with Crippen molar-refractivity contribution in [1.29, 1.82) is 0 Å². The van der Waals surface area contributed by atoms with Gasteiger partial charge in [-0.3, -0.25) is 0 Å². The second kappa shape index (κ2) is 3.70. The number of rotatable bonds is 0. The molecule has 68 valence electrons. The van der Waals surface area contributed by atoms with E-state index in [0.29, 0.717) is 0 Å². The molecule has 0 spiro atoms. The minimum Gasteiger partial charge on any atom is -0.385 e. The van der Waals surface area contributed by atoms with Gasteiger partial charge in [-0.2, -0.15) is 0 Å².